The molecule has 1 aromatic rings. The highest BCUT2D eigenvalue weighted by molar-refractivity contribution is 8.00. The normalized spacial score (nSPS) is 26.9. The maximum atomic E-state index is 4.77. The number of aryl methyl sites for hydroxylation is 1. The van der Waals surface area contributed by atoms with Crippen molar-refractivity contribution in [2.45, 2.75) is 57.5 Å². The Balaban J connectivity index is 1.76. The lowest BCUT2D eigenvalue weighted by atomic mass is 10.1. The summed E-state index contributed by atoms with van der Waals surface area (Å²) in [6.45, 7) is 8.85. The lowest BCUT2D eigenvalue weighted by molar-refractivity contribution is 0.618. The number of nitrogens with zero attached hydrogens (tertiary/aromatic N) is 2. The van der Waals surface area contributed by atoms with Gasteiger partial charge in [-0.3, -0.25) is 0 Å². The van der Waals surface area contributed by atoms with E-state index in [0.29, 0.717) is 11.3 Å². The van der Waals surface area contributed by atoms with Gasteiger partial charge in [0.15, 0.2) is 0 Å². The Morgan fingerprint density at radius 2 is 2.15 bits per heavy atom. The van der Waals surface area contributed by atoms with E-state index in [1.807, 2.05) is 0 Å². The van der Waals surface area contributed by atoms with Crippen molar-refractivity contribution in [2.24, 2.45) is 0 Å². The van der Waals surface area contributed by atoms with Crippen molar-refractivity contribution < 1.29 is 0 Å². The number of hydrogen-bond acceptors (Lipinski definition) is 4. The van der Waals surface area contributed by atoms with E-state index >= 15 is 0 Å². The third kappa shape index (κ3) is 3.29. The molecule has 1 aromatic heterocycles. The Hall–Kier alpha value is -0.740. The molecule has 4 heteroatoms. The van der Waals surface area contributed by atoms with Crippen LogP contribution in [0.2, 0.25) is 0 Å². The Kier molecular flexibility index (Phi) is 4.22. The molecule has 0 spiro atoms. The van der Waals surface area contributed by atoms with Crippen LogP contribution in [0.3, 0.4) is 0 Å². The molecule has 20 heavy (non-hydrogen) atoms. The van der Waals surface area contributed by atoms with Crippen LogP contribution in [0.15, 0.2) is 12.1 Å². The molecule has 2 heterocycles. The zero-order valence-corrected chi connectivity index (χ0v) is 13.5. The standard InChI is InChI=1S/C16H25N3S/c1-11-8-14(10-17-15-4-5-15)9-16(18-11)19-6-7-20-13(3)12(19)2/h8-9,12-13,15,17H,4-7,10H2,1-3H3. The van der Waals surface area contributed by atoms with Gasteiger partial charge in [0.1, 0.15) is 5.82 Å². The highest BCUT2D eigenvalue weighted by Crippen LogP contribution is 2.29. The first-order chi connectivity index (χ1) is 9.63. The van der Waals surface area contributed by atoms with Crippen LogP contribution in [0, 0.1) is 6.92 Å². The van der Waals surface area contributed by atoms with Crippen LogP contribution < -0.4 is 10.2 Å². The molecule has 0 bridgehead atoms. The van der Waals surface area contributed by atoms with Gasteiger partial charge in [-0.05, 0) is 44.4 Å². The maximum Gasteiger partial charge on any atom is 0.129 e. The average molecular weight is 291 g/mol. The number of nitrogens with one attached hydrogen (secondary N) is 1. The molecule has 2 atom stereocenters. The zero-order valence-electron chi connectivity index (χ0n) is 12.7. The third-order valence-electron chi connectivity index (χ3n) is 4.35. The number of aromatic nitrogens is 1. The van der Waals surface area contributed by atoms with Crippen LogP contribution in [0.1, 0.15) is 37.9 Å². The number of thioether (sulfide) groups is 1. The van der Waals surface area contributed by atoms with E-state index in [2.05, 4.69) is 54.9 Å². The summed E-state index contributed by atoms with van der Waals surface area (Å²) in [7, 11) is 0. The molecule has 0 aromatic carbocycles. The molecule has 0 radical (unpaired) electrons. The molecule has 110 valence electrons. The van der Waals surface area contributed by atoms with Gasteiger partial charge in [-0.2, -0.15) is 11.8 Å². The van der Waals surface area contributed by atoms with Crippen LogP contribution in [-0.4, -0.2) is 34.6 Å². The van der Waals surface area contributed by atoms with Crippen LogP contribution >= 0.6 is 11.8 Å². The maximum absolute atomic E-state index is 4.77. The first kappa shape index (κ1) is 14.2. The predicted molar refractivity (Wildman–Crippen MR) is 87.6 cm³/mol. The van der Waals surface area contributed by atoms with Crippen molar-refractivity contribution in [2.75, 3.05) is 17.2 Å². The fourth-order valence-corrected chi connectivity index (χ4v) is 3.88. The second-order valence-electron chi connectivity index (χ2n) is 6.14. The molecule has 2 fully saturated rings. The zero-order chi connectivity index (χ0) is 14.1. The second-order valence-corrected chi connectivity index (χ2v) is 7.63. The Labute approximate surface area is 126 Å². The molecular weight excluding hydrogens is 266 g/mol. The van der Waals surface area contributed by atoms with Gasteiger partial charge in [-0.25, -0.2) is 4.98 Å². The van der Waals surface area contributed by atoms with E-state index in [4.69, 9.17) is 4.98 Å². The molecule has 2 unspecified atom stereocenters. The van der Waals surface area contributed by atoms with Gasteiger partial charge in [0.05, 0.1) is 0 Å². The fourth-order valence-electron chi connectivity index (χ4n) is 2.78. The minimum atomic E-state index is 0.562. The highest BCUT2D eigenvalue weighted by Gasteiger charge is 2.26. The molecule has 3 rings (SSSR count). The Bertz CT molecular complexity index is 473. The molecule has 2 aliphatic rings. The quantitative estimate of drug-likeness (QED) is 0.923. The monoisotopic (exact) mass is 291 g/mol. The van der Waals surface area contributed by atoms with Gasteiger partial charge in [-0.1, -0.05) is 6.92 Å². The summed E-state index contributed by atoms with van der Waals surface area (Å²) in [5.41, 5.74) is 2.51. The smallest absolute Gasteiger partial charge is 0.129 e. The molecule has 1 aliphatic carbocycles. The first-order valence-electron chi connectivity index (χ1n) is 7.72. The number of rotatable bonds is 4. The summed E-state index contributed by atoms with van der Waals surface area (Å²) in [4.78, 5) is 7.25. The van der Waals surface area contributed by atoms with E-state index in [1.54, 1.807) is 0 Å². The van der Waals surface area contributed by atoms with Crippen LogP contribution in [0.5, 0.6) is 0 Å². The highest BCUT2D eigenvalue weighted by atomic mass is 32.2. The Morgan fingerprint density at radius 3 is 2.90 bits per heavy atom. The van der Waals surface area contributed by atoms with Crippen molar-refractivity contribution in [1.82, 2.24) is 10.3 Å². The van der Waals surface area contributed by atoms with E-state index < -0.39 is 0 Å². The Morgan fingerprint density at radius 1 is 1.35 bits per heavy atom. The number of pyridine rings is 1. The van der Waals surface area contributed by atoms with Gasteiger partial charge in [0.2, 0.25) is 0 Å². The molecular formula is C16H25N3S. The van der Waals surface area contributed by atoms with Crippen LogP contribution in [0.4, 0.5) is 5.82 Å². The molecule has 1 aliphatic heterocycles. The van der Waals surface area contributed by atoms with E-state index in [9.17, 15) is 0 Å². The van der Waals surface area contributed by atoms with Gasteiger partial charge in [0.25, 0.3) is 0 Å². The predicted octanol–water partition coefficient (Wildman–Crippen LogP) is 2.97. The first-order valence-corrected chi connectivity index (χ1v) is 8.77. The summed E-state index contributed by atoms with van der Waals surface area (Å²) in [6, 6.07) is 5.82. The van der Waals surface area contributed by atoms with Gasteiger partial charge in [0, 0.05) is 41.9 Å². The van der Waals surface area contributed by atoms with Gasteiger partial charge < -0.3 is 10.2 Å². The molecule has 1 N–H and O–H groups in total. The average Bonchev–Trinajstić information content (AvgIpc) is 3.23. The summed E-state index contributed by atoms with van der Waals surface area (Å²) in [6.07, 6.45) is 2.68. The third-order valence-corrected chi connectivity index (χ3v) is 5.69. The summed E-state index contributed by atoms with van der Waals surface area (Å²) in [5, 5.41) is 4.28. The SMILES string of the molecule is Cc1cc(CNC2CC2)cc(N2CCSC(C)C2C)n1. The van der Waals surface area contributed by atoms with E-state index in [0.717, 1.165) is 30.6 Å². The van der Waals surface area contributed by atoms with Crippen LogP contribution in [-0.2, 0) is 6.54 Å². The largest absolute Gasteiger partial charge is 0.352 e. The van der Waals surface area contributed by atoms with Gasteiger partial charge >= 0.3 is 0 Å². The molecule has 1 saturated carbocycles. The van der Waals surface area contributed by atoms with E-state index in [1.165, 1.54) is 24.2 Å². The number of hydrogen-bond donors (Lipinski definition) is 1. The lowest BCUT2D eigenvalue weighted by Crippen LogP contribution is -2.45. The fraction of sp³-hybridized carbons (Fsp3) is 0.688. The molecule has 1 saturated heterocycles. The van der Waals surface area contributed by atoms with Gasteiger partial charge in [-0.15, -0.1) is 0 Å². The van der Waals surface area contributed by atoms with Crippen molar-refractivity contribution in [3.05, 3.63) is 23.4 Å². The summed E-state index contributed by atoms with van der Waals surface area (Å²) < 4.78 is 0. The van der Waals surface area contributed by atoms with Crippen molar-refractivity contribution in [3.8, 4) is 0 Å². The number of anilines is 1. The van der Waals surface area contributed by atoms with Crippen molar-refractivity contribution in [1.29, 1.82) is 0 Å². The van der Waals surface area contributed by atoms with E-state index in [-0.39, 0.29) is 0 Å². The second kappa shape index (κ2) is 5.94. The minimum absolute atomic E-state index is 0.562. The molecule has 3 nitrogen and oxygen atoms in total. The minimum Gasteiger partial charge on any atom is -0.352 e. The van der Waals surface area contributed by atoms with Crippen molar-refractivity contribution >= 4 is 17.6 Å². The van der Waals surface area contributed by atoms with Crippen LogP contribution in [0.25, 0.3) is 0 Å². The summed E-state index contributed by atoms with van der Waals surface area (Å²) in [5.74, 6) is 2.37. The lowest BCUT2D eigenvalue weighted by Gasteiger charge is -2.38. The van der Waals surface area contributed by atoms with Crippen molar-refractivity contribution in [3.63, 3.8) is 0 Å². The topological polar surface area (TPSA) is 28.2 Å². The molecule has 0 amide bonds. The summed E-state index contributed by atoms with van der Waals surface area (Å²) >= 11 is 2.07.